The Morgan fingerprint density at radius 2 is 2.00 bits per heavy atom. The maximum Gasteiger partial charge on any atom is 0.271 e. The van der Waals surface area contributed by atoms with Gasteiger partial charge in [-0.05, 0) is 45.0 Å². The summed E-state index contributed by atoms with van der Waals surface area (Å²) in [6, 6.07) is 6.98. The number of aromatic nitrogens is 2. The van der Waals surface area contributed by atoms with Crippen LogP contribution in [0, 0.1) is 13.8 Å². The van der Waals surface area contributed by atoms with Gasteiger partial charge in [0.25, 0.3) is 11.5 Å². The van der Waals surface area contributed by atoms with Crippen molar-refractivity contribution >= 4 is 27.9 Å². The van der Waals surface area contributed by atoms with Crippen molar-refractivity contribution in [1.82, 2.24) is 9.38 Å². The highest BCUT2D eigenvalue weighted by molar-refractivity contribution is 7.17. The third-order valence-corrected chi connectivity index (χ3v) is 4.76. The first-order chi connectivity index (χ1) is 11.5. The maximum atomic E-state index is 12.6. The van der Waals surface area contributed by atoms with Gasteiger partial charge in [0.1, 0.15) is 11.3 Å². The second-order valence-electron chi connectivity index (χ2n) is 5.25. The Balaban J connectivity index is 1.90. The van der Waals surface area contributed by atoms with E-state index in [-0.39, 0.29) is 11.1 Å². The SMILES string of the molecule is CCOc1ccc(NC(=O)c2cnc3sc(C)c(C)n3c2=O)cc1. The van der Waals surface area contributed by atoms with Crippen molar-refractivity contribution < 1.29 is 9.53 Å². The normalized spacial score (nSPS) is 10.8. The van der Waals surface area contributed by atoms with Crippen LogP contribution in [-0.4, -0.2) is 21.9 Å². The Kier molecular flexibility index (Phi) is 4.35. The molecule has 3 rings (SSSR count). The molecule has 6 nitrogen and oxygen atoms in total. The molecule has 0 aliphatic rings. The zero-order valence-corrected chi connectivity index (χ0v) is 14.4. The molecule has 7 heteroatoms. The Morgan fingerprint density at radius 3 is 2.67 bits per heavy atom. The summed E-state index contributed by atoms with van der Waals surface area (Å²) >= 11 is 1.43. The number of nitrogens with one attached hydrogen (secondary N) is 1. The minimum atomic E-state index is -0.477. The fourth-order valence-corrected chi connectivity index (χ4v) is 3.26. The summed E-state index contributed by atoms with van der Waals surface area (Å²) in [6.07, 6.45) is 1.33. The second-order valence-corrected chi connectivity index (χ2v) is 6.43. The molecule has 124 valence electrons. The van der Waals surface area contributed by atoms with E-state index in [0.29, 0.717) is 17.3 Å². The van der Waals surface area contributed by atoms with Gasteiger partial charge in [-0.3, -0.25) is 14.0 Å². The van der Waals surface area contributed by atoms with Crippen molar-refractivity contribution in [2.75, 3.05) is 11.9 Å². The van der Waals surface area contributed by atoms with Gasteiger partial charge in [-0.2, -0.15) is 0 Å². The average molecular weight is 343 g/mol. The third-order valence-electron chi connectivity index (χ3n) is 3.69. The molecular weight excluding hydrogens is 326 g/mol. The van der Waals surface area contributed by atoms with Gasteiger partial charge in [0.15, 0.2) is 4.96 Å². The Labute approximate surface area is 142 Å². The lowest BCUT2D eigenvalue weighted by atomic mass is 10.2. The lowest BCUT2D eigenvalue weighted by Gasteiger charge is -2.07. The summed E-state index contributed by atoms with van der Waals surface area (Å²) in [5.41, 5.74) is 1.06. The van der Waals surface area contributed by atoms with Gasteiger partial charge in [-0.25, -0.2) is 4.98 Å². The van der Waals surface area contributed by atoms with Crippen LogP contribution in [0.3, 0.4) is 0 Å². The van der Waals surface area contributed by atoms with Crippen molar-refractivity contribution in [2.45, 2.75) is 20.8 Å². The molecule has 0 radical (unpaired) electrons. The molecule has 1 N–H and O–H groups in total. The summed E-state index contributed by atoms with van der Waals surface area (Å²) in [6.45, 7) is 6.25. The van der Waals surface area contributed by atoms with Crippen LogP contribution in [0.2, 0.25) is 0 Å². The molecule has 0 unspecified atom stereocenters. The molecule has 0 saturated carbocycles. The van der Waals surface area contributed by atoms with E-state index in [1.54, 1.807) is 24.3 Å². The predicted octanol–water partition coefficient (Wildman–Crippen LogP) is 3.02. The van der Waals surface area contributed by atoms with Gasteiger partial charge in [-0.1, -0.05) is 0 Å². The van der Waals surface area contributed by atoms with Crippen LogP contribution in [-0.2, 0) is 0 Å². The zero-order chi connectivity index (χ0) is 17.3. The molecule has 24 heavy (non-hydrogen) atoms. The predicted molar refractivity (Wildman–Crippen MR) is 94.4 cm³/mol. The van der Waals surface area contributed by atoms with Gasteiger partial charge in [0.2, 0.25) is 0 Å². The lowest BCUT2D eigenvalue weighted by Crippen LogP contribution is -2.26. The molecule has 2 aromatic heterocycles. The molecule has 0 aliphatic heterocycles. The topological polar surface area (TPSA) is 72.7 Å². The van der Waals surface area contributed by atoms with E-state index in [2.05, 4.69) is 10.3 Å². The monoisotopic (exact) mass is 343 g/mol. The smallest absolute Gasteiger partial charge is 0.271 e. The summed E-state index contributed by atoms with van der Waals surface area (Å²) in [4.78, 5) is 30.8. The van der Waals surface area contributed by atoms with Gasteiger partial charge in [0.05, 0.1) is 6.61 Å². The van der Waals surface area contributed by atoms with Gasteiger partial charge in [0, 0.05) is 22.5 Å². The van der Waals surface area contributed by atoms with Crippen molar-refractivity contribution in [2.24, 2.45) is 0 Å². The number of rotatable bonds is 4. The minimum Gasteiger partial charge on any atom is -0.494 e. The number of ether oxygens (including phenoxy) is 1. The van der Waals surface area contributed by atoms with Crippen LogP contribution in [0.1, 0.15) is 27.9 Å². The van der Waals surface area contributed by atoms with E-state index in [1.165, 1.54) is 21.9 Å². The molecule has 0 atom stereocenters. The van der Waals surface area contributed by atoms with Gasteiger partial charge in [-0.15, -0.1) is 11.3 Å². The van der Waals surface area contributed by atoms with E-state index in [0.717, 1.165) is 16.3 Å². The molecule has 2 heterocycles. The number of anilines is 1. The largest absolute Gasteiger partial charge is 0.494 e. The Bertz CT molecular complexity index is 958. The summed E-state index contributed by atoms with van der Waals surface area (Å²) in [5.74, 6) is 0.248. The van der Waals surface area contributed by atoms with E-state index < -0.39 is 5.91 Å². The number of hydrogen-bond donors (Lipinski definition) is 1. The van der Waals surface area contributed by atoms with Crippen molar-refractivity contribution in [1.29, 1.82) is 0 Å². The number of hydrogen-bond acceptors (Lipinski definition) is 5. The highest BCUT2D eigenvalue weighted by atomic mass is 32.1. The summed E-state index contributed by atoms with van der Waals surface area (Å²) < 4.78 is 6.84. The number of thiazole rings is 1. The quantitative estimate of drug-likeness (QED) is 0.790. The highest BCUT2D eigenvalue weighted by Gasteiger charge is 2.16. The molecule has 0 bridgehead atoms. The number of carbonyl (C=O) groups excluding carboxylic acids is 1. The van der Waals surface area contributed by atoms with Crippen LogP contribution in [0.25, 0.3) is 4.96 Å². The molecule has 1 amide bonds. The standard InChI is InChI=1S/C17H17N3O3S/c1-4-23-13-7-5-12(6-8-13)19-15(21)14-9-18-17-20(16(14)22)10(2)11(3)24-17/h5-9H,4H2,1-3H3,(H,19,21). The summed E-state index contributed by atoms with van der Waals surface area (Å²) in [5, 5.41) is 2.71. The molecule has 1 aromatic carbocycles. The van der Waals surface area contributed by atoms with Crippen LogP contribution in [0.5, 0.6) is 5.75 Å². The number of amides is 1. The molecule has 0 saturated heterocycles. The minimum absolute atomic E-state index is 0.0160. The number of fused-ring (bicyclic) bond motifs is 1. The van der Waals surface area contributed by atoms with Crippen LogP contribution in [0.15, 0.2) is 35.3 Å². The van der Waals surface area contributed by atoms with E-state index >= 15 is 0 Å². The van der Waals surface area contributed by atoms with Crippen LogP contribution < -0.4 is 15.6 Å². The summed E-state index contributed by atoms with van der Waals surface area (Å²) in [7, 11) is 0. The number of carbonyl (C=O) groups is 1. The first-order valence-corrected chi connectivity index (χ1v) is 8.35. The van der Waals surface area contributed by atoms with E-state index in [4.69, 9.17) is 4.74 Å². The fraction of sp³-hybridized carbons (Fsp3) is 0.235. The van der Waals surface area contributed by atoms with Crippen molar-refractivity contribution in [3.8, 4) is 5.75 Å². The first kappa shape index (κ1) is 16.2. The number of benzene rings is 1. The molecule has 0 spiro atoms. The third kappa shape index (κ3) is 2.90. The maximum absolute atomic E-state index is 12.6. The molecular formula is C17H17N3O3S. The van der Waals surface area contributed by atoms with Crippen molar-refractivity contribution in [3.05, 3.63) is 57.0 Å². The van der Waals surface area contributed by atoms with Crippen LogP contribution >= 0.6 is 11.3 Å². The van der Waals surface area contributed by atoms with E-state index in [9.17, 15) is 9.59 Å². The average Bonchev–Trinajstić information content (AvgIpc) is 2.85. The van der Waals surface area contributed by atoms with E-state index in [1.807, 2.05) is 20.8 Å². The molecule has 0 fully saturated rings. The molecule has 3 aromatic rings. The zero-order valence-electron chi connectivity index (χ0n) is 13.6. The van der Waals surface area contributed by atoms with Gasteiger partial charge >= 0.3 is 0 Å². The second kappa shape index (κ2) is 6.45. The first-order valence-electron chi connectivity index (χ1n) is 7.53. The Hall–Kier alpha value is -2.67. The molecule has 0 aliphatic carbocycles. The van der Waals surface area contributed by atoms with Crippen LogP contribution in [0.4, 0.5) is 5.69 Å². The van der Waals surface area contributed by atoms with Crippen molar-refractivity contribution in [3.63, 3.8) is 0 Å². The Morgan fingerprint density at radius 1 is 1.29 bits per heavy atom. The number of nitrogens with zero attached hydrogens (tertiary/aromatic N) is 2. The fourth-order valence-electron chi connectivity index (χ4n) is 2.33. The highest BCUT2D eigenvalue weighted by Crippen LogP contribution is 2.19. The van der Waals surface area contributed by atoms with Gasteiger partial charge < -0.3 is 10.1 Å². The number of aryl methyl sites for hydroxylation is 2. The lowest BCUT2D eigenvalue weighted by molar-refractivity contribution is 0.102.